The summed E-state index contributed by atoms with van der Waals surface area (Å²) in [5, 5.41) is 16.1. The van der Waals surface area contributed by atoms with Crippen LogP contribution in [0, 0.1) is 5.41 Å². The van der Waals surface area contributed by atoms with Crippen LogP contribution in [0.5, 0.6) is 0 Å². The van der Waals surface area contributed by atoms with Crippen LogP contribution in [0.3, 0.4) is 0 Å². The van der Waals surface area contributed by atoms with Crippen LogP contribution in [0.25, 0.3) is 0 Å². The fraction of sp³-hybridized carbons (Fsp3) is 0.538. The standard InChI is InChI=1S/C13H20N4O2/c14-13(15)11-2-1-3-12(16-11)17-6-4-10(5-7-17)19-9-8-18/h1-3,10,18H,4-9H2,(H3,14,15). The van der Waals surface area contributed by atoms with Gasteiger partial charge in [-0.05, 0) is 25.0 Å². The third-order valence-electron chi connectivity index (χ3n) is 3.22. The van der Waals surface area contributed by atoms with E-state index in [0.717, 1.165) is 31.7 Å². The number of nitrogens with two attached hydrogens (primary N) is 1. The molecule has 0 aromatic carbocycles. The molecule has 2 heterocycles. The van der Waals surface area contributed by atoms with E-state index in [0.29, 0.717) is 12.3 Å². The molecule has 19 heavy (non-hydrogen) atoms. The molecule has 1 fully saturated rings. The molecular weight excluding hydrogens is 244 g/mol. The van der Waals surface area contributed by atoms with E-state index in [1.165, 1.54) is 0 Å². The first-order chi connectivity index (χ1) is 9.20. The number of nitrogen functional groups attached to an aromatic ring is 1. The van der Waals surface area contributed by atoms with Gasteiger partial charge in [-0.2, -0.15) is 0 Å². The summed E-state index contributed by atoms with van der Waals surface area (Å²) in [6.45, 7) is 2.21. The number of pyridine rings is 1. The Kier molecular flexibility index (Phi) is 4.70. The minimum atomic E-state index is -0.0111. The van der Waals surface area contributed by atoms with E-state index in [2.05, 4.69) is 9.88 Å². The molecule has 0 saturated carbocycles. The highest BCUT2D eigenvalue weighted by Crippen LogP contribution is 2.19. The lowest BCUT2D eigenvalue weighted by atomic mass is 10.1. The number of hydrogen-bond donors (Lipinski definition) is 3. The smallest absolute Gasteiger partial charge is 0.141 e. The highest BCUT2D eigenvalue weighted by atomic mass is 16.5. The summed E-state index contributed by atoms with van der Waals surface area (Å²) >= 11 is 0. The van der Waals surface area contributed by atoms with Gasteiger partial charge in [-0.3, -0.25) is 5.41 Å². The van der Waals surface area contributed by atoms with Gasteiger partial charge in [0.2, 0.25) is 0 Å². The predicted molar refractivity (Wildman–Crippen MR) is 73.5 cm³/mol. The molecular formula is C13H20N4O2. The molecule has 4 N–H and O–H groups in total. The van der Waals surface area contributed by atoms with Gasteiger partial charge < -0.3 is 20.5 Å². The first-order valence-electron chi connectivity index (χ1n) is 6.49. The van der Waals surface area contributed by atoms with Crippen molar-refractivity contribution < 1.29 is 9.84 Å². The van der Waals surface area contributed by atoms with Gasteiger partial charge in [0.25, 0.3) is 0 Å². The maximum Gasteiger partial charge on any atom is 0.141 e. The van der Waals surface area contributed by atoms with E-state index >= 15 is 0 Å². The van der Waals surface area contributed by atoms with Crippen LogP contribution in [0.2, 0.25) is 0 Å². The zero-order chi connectivity index (χ0) is 13.7. The van der Waals surface area contributed by atoms with E-state index in [-0.39, 0.29) is 18.5 Å². The summed E-state index contributed by atoms with van der Waals surface area (Å²) in [5.41, 5.74) is 5.96. The Morgan fingerprint density at radius 2 is 2.21 bits per heavy atom. The highest BCUT2D eigenvalue weighted by Gasteiger charge is 2.20. The number of anilines is 1. The van der Waals surface area contributed by atoms with Crippen LogP contribution in [-0.2, 0) is 4.74 Å². The number of hydrogen-bond acceptors (Lipinski definition) is 5. The third kappa shape index (κ3) is 3.65. The quantitative estimate of drug-likeness (QED) is 0.526. The molecule has 1 aromatic heterocycles. The topological polar surface area (TPSA) is 95.5 Å². The molecule has 0 spiro atoms. The minimum Gasteiger partial charge on any atom is -0.394 e. The summed E-state index contributed by atoms with van der Waals surface area (Å²) in [4.78, 5) is 6.55. The third-order valence-corrected chi connectivity index (χ3v) is 3.22. The lowest BCUT2D eigenvalue weighted by Crippen LogP contribution is -2.38. The van der Waals surface area contributed by atoms with Gasteiger partial charge in [0.05, 0.1) is 19.3 Å². The molecule has 0 atom stereocenters. The molecule has 1 aromatic rings. The molecule has 2 rings (SSSR count). The maximum absolute atomic E-state index is 8.73. The van der Waals surface area contributed by atoms with Crippen LogP contribution in [0.15, 0.2) is 18.2 Å². The SMILES string of the molecule is N=C(N)c1cccc(N2CCC(OCCO)CC2)n1. The molecule has 1 aliphatic rings. The first-order valence-corrected chi connectivity index (χ1v) is 6.49. The number of rotatable bonds is 5. The highest BCUT2D eigenvalue weighted by molar-refractivity contribution is 5.93. The lowest BCUT2D eigenvalue weighted by molar-refractivity contribution is 0.0158. The Hall–Kier alpha value is -1.66. The molecule has 1 aliphatic heterocycles. The van der Waals surface area contributed by atoms with E-state index in [1.54, 1.807) is 6.07 Å². The Morgan fingerprint density at radius 3 is 2.84 bits per heavy atom. The van der Waals surface area contributed by atoms with Crippen LogP contribution in [0.4, 0.5) is 5.82 Å². The molecule has 0 amide bonds. The second-order valence-corrected chi connectivity index (χ2v) is 4.58. The summed E-state index contributed by atoms with van der Waals surface area (Å²) in [7, 11) is 0. The molecule has 104 valence electrons. The predicted octanol–water partition coefficient (Wildman–Crippen LogP) is 0.343. The summed E-state index contributed by atoms with van der Waals surface area (Å²) < 4.78 is 5.53. The van der Waals surface area contributed by atoms with E-state index < -0.39 is 0 Å². The van der Waals surface area contributed by atoms with Gasteiger partial charge in [-0.15, -0.1) is 0 Å². The van der Waals surface area contributed by atoms with Crippen LogP contribution in [0.1, 0.15) is 18.5 Å². The molecule has 6 nitrogen and oxygen atoms in total. The number of amidine groups is 1. The molecule has 0 aliphatic carbocycles. The monoisotopic (exact) mass is 264 g/mol. The number of nitrogens with one attached hydrogen (secondary N) is 1. The Labute approximate surface area is 112 Å². The average molecular weight is 264 g/mol. The molecule has 1 saturated heterocycles. The largest absolute Gasteiger partial charge is 0.394 e. The summed E-state index contributed by atoms with van der Waals surface area (Å²) in [6.07, 6.45) is 2.07. The lowest BCUT2D eigenvalue weighted by Gasteiger charge is -2.32. The zero-order valence-electron chi connectivity index (χ0n) is 10.9. The van der Waals surface area contributed by atoms with Gasteiger partial charge in [0.15, 0.2) is 0 Å². The second kappa shape index (κ2) is 6.49. The molecule has 6 heteroatoms. The molecule has 0 bridgehead atoms. The number of piperidine rings is 1. The molecule has 0 radical (unpaired) electrons. The fourth-order valence-electron chi connectivity index (χ4n) is 2.22. The van der Waals surface area contributed by atoms with E-state index in [1.807, 2.05) is 12.1 Å². The molecule has 0 unspecified atom stereocenters. The zero-order valence-corrected chi connectivity index (χ0v) is 10.9. The van der Waals surface area contributed by atoms with Crippen LogP contribution < -0.4 is 10.6 Å². The Balaban J connectivity index is 1.94. The van der Waals surface area contributed by atoms with Crippen LogP contribution >= 0.6 is 0 Å². The van der Waals surface area contributed by atoms with Crippen molar-refractivity contribution in [3.63, 3.8) is 0 Å². The normalized spacial score (nSPS) is 16.6. The number of aliphatic hydroxyl groups excluding tert-OH is 1. The Bertz CT molecular complexity index is 430. The van der Waals surface area contributed by atoms with Gasteiger partial charge in [0.1, 0.15) is 17.3 Å². The summed E-state index contributed by atoms with van der Waals surface area (Å²) in [6, 6.07) is 5.54. The van der Waals surface area contributed by atoms with Gasteiger partial charge >= 0.3 is 0 Å². The second-order valence-electron chi connectivity index (χ2n) is 4.58. The van der Waals surface area contributed by atoms with Crippen molar-refractivity contribution in [3.05, 3.63) is 23.9 Å². The Morgan fingerprint density at radius 1 is 1.47 bits per heavy atom. The van der Waals surface area contributed by atoms with Gasteiger partial charge in [-0.25, -0.2) is 4.98 Å². The van der Waals surface area contributed by atoms with E-state index in [4.69, 9.17) is 21.0 Å². The number of nitrogens with zero attached hydrogens (tertiary/aromatic N) is 2. The van der Waals surface area contributed by atoms with Crippen molar-refractivity contribution in [1.29, 1.82) is 5.41 Å². The number of aromatic nitrogens is 1. The van der Waals surface area contributed by atoms with Crippen molar-refractivity contribution in [2.75, 3.05) is 31.2 Å². The first kappa shape index (κ1) is 13.8. The van der Waals surface area contributed by atoms with Gasteiger partial charge in [0, 0.05) is 13.1 Å². The van der Waals surface area contributed by atoms with Crippen LogP contribution in [-0.4, -0.2) is 48.3 Å². The van der Waals surface area contributed by atoms with Crippen molar-refractivity contribution in [3.8, 4) is 0 Å². The van der Waals surface area contributed by atoms with E-state index in [9.17, 15) is 0 Å². The maximum atomic E-state index is 8.73. The van der Waals surface area contributed by atoms with Crippen molar-refractivity contribution >= 4 is 11.7 Å². The van der Waals surface area contributed by atoms with Gasteiger partial charge in [-0.1, -0.05) is 6.07 Å². The average Bonchev–Trinajstić information content (AvgIpc) is 2.46. The summed E-state index contributed by atoms with van der Waals surface area (Å²) in [5.74, 6) is 0.844. The van der Waals surface area contributed by atoms with Crippen molar-refractivity contribution in [1.82, 2.24) is 4.98 Å². The fourth-order valence-corrected chi connectivity index (χ4v) is 2.22. The number of aliphatic hydroxyl groups is 1. The number of ether oxygens (including phenoxy) is 1. The minimum absolute atomic E-state index is 0.0111. The van der Waals surface area contributed by atoms with Crippen molar-refractivity contribution in [2.24, 2.45) is 5.73 Å². The van der Waals surface area contributed by atoms with Crippen molar-refractivity contribution in [2.45, 2.75) is 18.9 Å².